The average Bonchev–Trinajstić information content (AvgIpc) is 2.53. The van der Waals surface area contributed by atoms with Crippen molar-refractivity contribution in [2.24, 2.45) is 0 Å². The van der Waals surface area contributed by atoms with Crippen LogP contribution in [-0.4, -0.2) is 25.6 Å². The third-order valence-electron chi connectivity index (χ3n) is 2.82. The molecule has 0 heterocycles. The number of benzene rings is 2. The van der Waals surface area contributed by atoms with Crippen LogP contribution < -0.4 is 19.9 Å². The standard InChI is InChI=1S/C16H15NO5/c1-21-12-6-4-5-11(9-12)17-15(18)10-22-14-8-3-2-7-13(14)16(19)20/h2-9H,10H2,1H3,(H,17,18)(H,19,20)/p-1. The molecule has 0 fully saturated rings. The summed E-state index contributed by atoms with van der Waals surface area (Å²) in [6.07, 6.45) is 0. The van der Waals surface area contributed by atoms with E-state index in [1.807, 2.05) is 0 Å². The average molecular weight is 300 g/mol. The van der Waals surface area contributed by atoms with E-state index in [2.05, 4.69) is 5.32 Å². The van der Waals surface area contributed by atoms with Crippen LogP contribution in [0, 0.1) is 0 Å². The molecule has 0 aliphatic carbocycles. The van der Waals surface area contributed by atoms with Crippen molar-refractivity contribution < 1.29 is 24.2 Å². The number of para-hydroxylation sites is 1. The third kappa shape index (κ3) is 3.99. The smallest absolute Gasteiger partial charge is 0.262 e. The number of carboxylic acids is 1. The normalized spacial score (nSPS) is 9.86. The monoisotopic (exact) mass is 300 g/mol. The predicted octanol–water partition coefficient (Wildman–Crippen LogP) is 1.08. The predicted molar refractivity (Wildman–Crippen MR) is 77.9 cm³/mol. The topological polar surface area (TPSA) is 87.7 Å². The molecule has 114 valence electrons. The van der Waals surface area contributed by atoms with Crippen molar-refractivity contribution in [3.05, 3.63) is 54.1 Å². The number of nitrogens with one attached hydrogen (secondary N) is 1. The Balaban J connectivity index is 1.97. The molecule has 2 aromatic rings. The Bertz CT molecular complexity index is 684. The van der Waals surface area contributed by atoms with Gasteiger partial charge in [0.2, 0.25) is 0 Å². The molecular formula is C16H14NO5-. The van der Waals surface area contributed by atoms with Gasteiger partial charge >= 0.3 is 0 Å². The maximum atomic E-state index is 11.8. The summed E-state index contributed by atoms with van der Waals surface area (Å²) in [5.41, 5.74) is 0.456. The molecule has 22 heavy (non-hydrogen) atoms. The fourth-order valence-electron chi connectivity index (χ4n) is 1.80. The first-order valence-corrected chi connectivity index (χ1v) is 6.47. The van der Waals surface area contributed by atoms with Crippen LogP contribution in [0.4, 0.5) is 5.69 Å². The second kappa shape index (κ2) is 7.12. The largest absolute Gasteiger partial charge is 0.545 e. The maximum absolute atomic E-state index is 11.8. The highest BCUT2D eigenvalue weighted by Gasteiger charge is 2.08. The van der Waals surface area contributed by atoms with Gasteiger partial charge < -0.3 is 24.7 Å². The van der Waals surface area contributed by atoms with E-state index in [4.69, 9.17) is 9.47 Å². The van der Waals surface area contributed by atoms with Crippen molar-refractivity contribution in [1.82, 2.24) is 0 Å². The zero-order valence-corrected chi connectivity index (χ0v) is 11.9. The van der Waals surface area contributed by atoms with E-state index in [0.29, 0.717) is 11.4 Å². The molecular weight excluding hydrogens is 286 g/mol. The zero-order chi connectivity index (χ0) is 15.9. The maximum Gasteiger partial charge on any atom is 0.262 e. The molecule has 6 heteroatoms. The van der Waals surface area contributed by atoms with E-state index >= 15 is 0 Å². The highest BCUT2D eigenvalue weighted by Crippen LogP contribution is 2.18. The summed E-state index contributed by atoms with van der Waals surface area (Å²) in [6, 6.07) is 12.8. The molecule has 0 saturated carbocycles. The summed E-state index contributed by atoms with van der Waals surface area (Å²) < 4.78 is 10.3. The SMILES string of the molecule is COc1cccc(NC(=O)COc2ccccc2C(=O)[O-])c1. The summed E-state index contributed by atoms with van der Waals surface area (Å²) in [5, 5.41) is 13.6. The Morgan fingerprint density at radius 3 is 2.64 bits per heavy atom. The van der Waals surface area contributed by atoms with Crippen LogP contribution in [0.25, 0.3) is 0 Å². The minimum Gasteiger partial charge on any atom is -0.545 e. The van der Waals surface area contributed by atoms with Crippen molar-refractivity contribution in [2.45, 2.75) is 0 Å². The van der Waals surface area contributed by atoms with Gasteiger partial charge in [0.15, 0.2) is 6.61 Å². The van der Waals surface area contributed by atoms with Crippen molar-refractivity contribution >= 4 is 17.6 Å². The molecule has 0 atom stereocenters. The van der Waals surface area contributed by atoms with E-state index in [0.717, 1.165) is 0 Å². The number of methoxy groups -OCH3 is 1. The molecule has 0 bridgehead atoms. The van der Waals surface area contributed by atoms with Crippen molar-refractivity contribution in [3.63, 3.8) is 0 Å². The van der Waals surface area contributed by atoms with Crippen molar-refractivity contribution in [3.8, 4) is 11.5 Å². The Morgan fingerprint density at radius 1 is 1.14 bits per heavy atom. The number of rotatable bonds is 6. The minimum atomic E-state index is -1.36. The van der Waals surface area contributed by atoms with Gasteiger partial charge in [-0.05, 0) is 24.3 Å². The molecule has 1 N–H and O–H groups in total. The van der Waals surface area contributed by atoms with Crippen LogP contribution in [0.1, 0.15) is 10.4 Å². The Labute approximate surface area is 127 Å². The molecule has 1 amide bonds. The molecule has 0 unspecified atom stereocenters. The molecule has 2 aromatic carbocycles. The number of hydrogen-bond donors (Lipinski definition) is 1. The van der Waals surface area contributed by atoms with Crippen LogP contribution in [0.2, 0.25) is 0 Å². The van der Waals surface area contributed by atoms with Gasteiger partial charge in [-0.15, -0.1) is 0 Å². The number of aromatic carboxylic acids is 1. The van der Waals surface area contributed by atoms with E-state index in [9.17, 15) is 14.7 Å². The van der Waals surface area contributed by atoms with Gasteiger partial charge in [0.1, 0.15) is 11.5 Å². The van der Waals surface area contributed by atoms with Gasteiger partial charge in [0, 0.05) is 17.3 Å². The molecule has 0 spiro atoms. The summed E-state index contributed by atoms with van der Waals surface area (Å²) in [4.78, 5) is 22.7. The van der Waals surface area contributed by atoms with Crippen LogP contribution in [0.15, 0.2) is 48.5 Å². The zero-order valence-electron chi connectivity index (χ0n) is 11.9. The number of hydrogen-bond acceptors (Lipinski definition) is 5. The van der Waals surface area contributed by atoms with Gasteiger partial charge in [-0.1, -0.05) is 18.2 Å². The van der Waals surface area contributed by atoms with Crippen LogP contribution in [-0.2, 0) is 4.79 Å². The number of amides is 1. The molecule has 0 aromatic heterocycles. The second-order valence-corrected chi connectivity index (χ2v) is 4.35. The lowest BCUT2D eigenvalue weighted by Gasteiger charge is -2.12. The van der Waals surface area contributed by atoms with Crippen molar-refractivity contribution in [2.75, 3.05) is 19.0 Å². The first-order chi connectivity index (χ1) is 10.6. The van der Waals surface area contributed by atoms with Gasteiger partial charge in [-0.2, -0.15) is 0 Å². The molecule has 2 rings (SSSR count). The van der Waals surface area contributed by atoms with Gasteiger partial charge in [0.25, 0.3) is 5.91 Å². The van der Waals surface area contributed by atoms with Crippen LogP contribution >= 0.6 is 0 Å². The van der Waals surface area contributed by atoms with Crippen molar-refractivity contribution in [1.29, 1.82) is 0 Å². The molecule has 0 saturated heterocycles. The van der Waals surface area contributed by atoms with Crippen LogP contribution in [0.5, 0.6) is 11.5 Å². The molecule has 0 aliphatic heterocycles. The molecule has 0 radical (unpaired) electrons. The summed E-state index contributed by atoms with van der Waals surface area (Å²) in [5.74, 6) is -1.07. The minimum absolute atomic E-state index is 0.0864. The highest BCUT2D eigenvalue weighted by molar-refractivity contribution is 5.93. The Morgan fingerprint density at radius 2 is 1.91 bits per heavy atom. The van der Waals surface area contributed by atoms with E-state index in [-0.39, 0.29) is 17.9 Å². The summed E-state index contributed by atoms with van der Waals surface area (Å²) >= 11 is 0. The second-order valence-electron chi connectivity index (χ2n) is 4.35. The van der Waals surface area contributed by atoms with E-state index in [1.165, 1.54) is 19.2 Å². The quantitative estimate of drug-likeness (QED) is 0.862. The number of anilines is 1. The van der Waals surface area contributed by atoms with E-state index < -0.39 is 11.9 Å². The van der Waals surface area contributed by atoms with Crippen LogP contribution in [0.3, 0.4) is 0 Å². The lowest BCUT2D eigenvalue weighted by Crippen LogP contribution is -2.25. The molecule has 0 aliphatic rings. The number of carbonyl (C=O) groups excluding carboxylic acids is 2. The summed E-state index contributed by atoms with van der Waals surface area (Å²) in [7, 11) is 1.53. The lowest BCUT2D eigenvalue weighted by molar-refractivity contribution is -0.255. The van der Waals surface area contributed by atoms with Gasteiger partial charge in [-0.3, -0.25) is 4.79 Å². The highest BCUT2D eigenvalue weighted by atomic mass is 16.5. The fraction of sp³-hybridized carbons (Fsp3) is 0.125. The number of ether oxygens (including phenoxy) is 2. The summed E-state index contributed by atoms with van der Waals surface area (Å²) in [6.45, 7) is -0.318. The first-order valence-electron chi connectivity index (χ1n) is 6.47. The Hall–Kier alpha value is -3.02. The number of carbonyl (C=O) groups is 2. The van der Waals surface area contributed by atoms with Gasteiger partial charge in [-0.25, -0.2) is 0 Å². The molecule has 6 nitrogen and oxygen atoms in total. The fourth-order valence-corrected chi connectivity index (χ4v) is 1.80. The van der Waals surface area contributed by atoms with E-state index in [1.54, 1.807) is 36.4 Å². The lowest BCUT2D eigenvalue weighted by atomic mass is 10.2. The number of carboxylic acid groups (broad SMARTS) is 1. The first kappa shape index (κ1) is 15.4. The third-order valence-corrected chi connectivity index (χ3v) is 2.82. The Kier molecular flexibility index (Phi) is 4.98. The van der Waals surface area contributed by atoms with Gasteiger partial charge in [0.05, 0.1) is 13.1 Å².